The van der Waals surface area contributed by atoms with Gasteiger partial charge in [-0.15, -0.1) is 5.10 Å². The Labute approximate surface area is 157 Å². The van der Waals surface area contributed by atoms with Crippen LogP contribution in [0, 0.1) is 0 Å². The first-order valence-corrected chi connectivity index (χ1v) is 10.9. The molecule has 1 aliphatic carbocycles. The lowest BCUT2D eigenvalue weighted by Gasteiger charge is -2.10. The predicted molar refractivity (Wildman–Crippen MR) is 99.7 cm³/mol. The van der Waals surface area contributed by atoms with E-state index in [1.165, 1.54) is 18.5 Å². The van der Waals surface area contributed by atoms with Crippen LogP contribution in [-0.4, -0.2) is 49.5 Å². The van der Waals surface area contributed by atoms with Crippen LogP contribution in [0.5, 0.6) is 0 Å². The van der Waals surface area contributed by atoms with Gasteiger partial charge in [0.1, 0.15) is 11.4 Å². The van der Waals surface area contributed by atoms with Crippen LogP contribution in [0.15, 0.2) is 30.5 Å². The molecule has 4 heterocycles. The maximum atomic E-state index is 12.0. The van der Waals surface area contributed by atoms with Gasteiger partial charge < -0.3 is 0 Å². The summed E-state index contributed by atoms with van der Waals surface area (Å²) in [5.74, 6) is 1.95. The molecule has 1 unspecified atom stereocenters. The van der Waals surface area contributed by atoms with Gasteiger partial charge in [0.25, 0.3) is 0 Å². The molecule has 1 saturated carbocycles. The highest BCUT2D eigenvalue weighted by atomic mass is 32.2. The largest absolute Gasteiger partial charge is 0.272 e. The molecule has 8 nitrogen and oxygen atoms in total. The topological polar surface area (TPSA) is 95.6 Å². The number of aryl methyl sites for hydroxylation is 1. The molecule has 1 atom stereocenters. The molecule has 0 bridgehead atoms. The van der Waals surface area contributed by atoms with Crippen LogP contribution in [-0.2, 0) is 16.9 Å². The van der Waals surface area contributed by atoms with E-state index >= 15 is 0 Å². The summed E-state index contributed by atoms with van der Waals surface area (Å²) in [5, 5.41) is 9.27. The minimum absolute atomic E-state index is 0.0906. The average Bonchev–Trinajstić information content (AvgIpc) is 3.10. The molecule has 3 aromatic heterocycles. The van der Waals surface area contributed by atoms with Crippen LogP contribution in [0.1, 0.15) is 36.9 Å². The van der Waals surface area contributed by atoms with Crippen molar-refractivity contribution in [3.63, 3.8) is 0 Å². The molecule has 3 aromatic rings. The highest BCUT2D eigenvalue weighted by molar-refractivity contribution is 7.91. The molecule has 0 spiro atoms. The van der Waals surface area contributed by atoms with E-state index < -0.39 is 9.84 Å². The van der Waals surface area contributed by atoms with Crippen molar-refractivity contribution < 1.29 is 8.42 Å². The van der Waals surface area contributed by atoms with Gasteiger partial charge in [-0.1, -0.05) is 6.07 Å². The second kappa shape index (κ2) is 5.98. The van der Waals surface area contributed by atoms with Crippen LogP contribution < -0.4 is 0 Å². The third-order valence-electron chi connectivity index (χ3n) is 5.22. The summed E-state index contributed by atoms with van der Waals surface area (Å²) >= 11 is 0. The Kier molecular flexibility index (Phi) is 3.68. The molecule has 2 aliphatic rings. The Morgan fingerprint density at radius 1 is 1.11 bits per heavy atom. The molecular formula is C18H20N6O2S. The predicted octanol–water partition coefficient (Wildman–Crippen LogP) is 1.98. The van der Waals surface area contributed by atoms with E-state index in [-0.39, 0.29) is 17.5 Å². The standard InChI is InChI=1S/C18H20N6O2S/c1-23-16(12-5-6-12)10-15(21-23)18-20-17(14-4-2-3-8-19-14)22-24(18)13-7-9-27(25,26)11-13/h2-4,8,10,12-13H,5-7,9,11H2,1H3. The lowest BCUT2D eigenvalue weighted by atomic mass is 10.2. The summed E-state index contributed by atoms with van der Waals surface area (Å²) < 4.78 is 27.6. The van der Waals surface area contributed by atoms with E-state index in [9.17, 15) is 8.42 Å². The molecule has 0 aromatic carbocycles. The van der Waals surface area contributed by atoms with Gasteiger partial charge in [0.15, 0.2) is 21.5 Å². The first-order valence-electron chi connectivity index (χ1n) is 9.13. The molecule has 1 saturated heterocycles. The second-order valence-corrected chi connectivity index (χ2v) is 9.56. The van der Waals surface area contributed by atoms with Gasteiger partial charge in [0.2, 0.25) is 0 Å². The zero-order valence-electron chi connectivity index (χ0n) is 15.0. The van der Waals surface area contributed by atoms with Crippen molar-refractivity contribution >= 4 is 9.84 Å². The number of nitrogens with zero attached hydrogens (tertiary/aromatic N) is 6. The molecule has 0 N–H and O–H groups in total. The minimum atomic E-state index is -3.03. The number of aromatic nitrogens is 6. The third-order valence-corrected chi connectivity index (χ3v) is 6.97. The third kappa shape index (κ3) is 3.05. The van der Waals surface area contributed by atoms with Gasteiger partial charge in [-0.2, -0.15) is 5.10 Å². The van der Waals surface area contributed by atoms with E-state index in [0.29, 0.717) is 29.7 Å². The Bertz CT molecular complexity index is 1100. The maximum Gasteiger partial charge on any atom is 0.200 e. The number of hydrogen-bond donors (Lipinski definition) is 0. The molecule has 1 aliphatic heterocycles. The fourth-order valence-corrected chi connectivity index (χ4v) is 5.37. The molecule has 27 heavy (non-hydrogen) atoms. The van der Waals surface area contributed by atoms with Crippen molar-refractivity contribution in [2.75, 3.05) is 11.5 Å². The SMILES string of the molecule is Cn1nc(-c2nc(-c3ccccn3)nn2C2CCS(=O)(=O)C2)cc1C1CC1. The first-order chi connectivity index (χ1) is 13.0. The molecule has 140 valence electrons. The lowest BCUT2D eigenvalue weighted by molar-refractivity contribution is 0.504. The normalized spacial score (nSPS) is 21.6. The average molecular weight is 384 g/mol. The Morgan fingerprint density at radius 2 is 1.96 bits per heavy atom. The smallest absolute Gasteiger partial charge is 0.200 e. The van der Waals surface area contributed by atoms with Crippen molar-refractivity contribution in [1.29, 1.82) is 0 Å². The molecule has 5 rings (SSSR count). The summed E-state index contributed by atoms with van der Waals surface area (Å²) in [6.07, 6.45) is 4.61. The van der Waals surface area contributed by atoms with Crippen LogP contribution in [0.3, 0.4) is 0 Å². The van der Waals surface area contributed by atoms with E-state index in [1.54, 1.807) is 10.9 Å². The zero-order valence-corrected chi connectivity index (χ0v) is 15.8. The molecular weight excluding hydrogens is 364 g/mol. The molecule has 0 amide bonds. The second-order valence-electron chi connectivity index (χ2n) is 7.33. The van der Waals surface area contributed by atoms with Crippen molar-refractivity contribution in [3.05, 3.63) is 36.2 Å². The van der Waals surface area contributed by atoms with Crippen LogP contribution >= 0.6 is 0 Å². The van der Waals surface area contributed by atoms with E-state index in [0.717, 1.165) is 5.69 Å². The van der Waals surface area contributed by atoms with Gasteiger partial charge in [-0.05, 0) is 37.5 Å². The van der Waals surface area contributed by atoms with E-state index in [4.69, 9.17) is 4.98 Å². The summed E-state index contributed by atoms with van der Waals surface area (Å²) in [4.78, 5) is 9.03. The Hall–Kier alpha value is -2.55. The van der Waals surface area contributed by atoms with E-state index in [2.05, 4.69) is 21.2 Å². The van der Waals surface area contributed by atoms with Gasteiger partial charge in [0, 0.05) is 24.9 Å². The fourth-order valence-electron chi connectivity index (χ4n) is 3.68. The van der Waals surface area contributed by atoms with Crippen molar-refractivity contribution in [2.45, 2.75) is 31.2 Å². The maximum absolute atomic E-state index is 12.0. The lowest BCUT2D eigenvalue weighted by Crippen LogP contribution is -2.14. The quantitative estimate of drug-likeness (QED) is 0.682. The van der Waals surface area contributed by atoms with Crippen molar-refractivity contribution in [3.8, 4) is 23.0 Å². The minimum Gasteiger partial charge on any atom is -0.272 e. The summed E-state index contributed by atoms with van der Waals surface area (Å²) in [5.41, 5.74) is 2.59. The number of sulfone groups is 1. The van der Waals surface area contributed by atoms with Crippen LogP contribution in [0.4, 0.5) is 0 Å². The number of rotatable bonds is 4. The zero-order chi connectivity index (χ0) is 18.6. The molecule has 9 heteroatoms. The van der Waals surface area contributed by atoms with Crippen LogP contribution in [0.2, 0.25) is 0 Å². The van der Waals surface area contributed by atoms with Gasteiger partial charge in [-0.3, -0.25) is 9.67 Å². The molecule has 0 radical (unpaired) electrons. The fraction of sp³-hybridized carbons (Fsp3) is 0.444. The van der Waals surface area contributed by atoms with Crippen molar-refractivity contribution in [1.82, 2.24) is 29.5 Å². The van der Waals surface area contributed by atoms with Crippen LogP contribution in [0.25, 0.3) is 23.0 Å². The highest BCUT2D eigenvalue weighted by Crippen LogP contribution is 2.41. The Balaban J connectivity index is 1.62. The first kappa shape index (κ1) is 16.6. The van der Waals surface area contributed by atoms with E-state index in [1.807, 2.05) is 29.9 Å². The summed E-state index contributed by atoms with van der Waals surface area (Å²) in [7, 11) is -1.09. The molecule has 2 fully saturated rings. The Morgan fingerprint density at radius 3 is 2.63 bits per heavy atom. The summed E-state index contributed by atoms with van der Waals surface area (Å²) in [6, 6.07) is 7.41. The van der Waals surface area contributed by atoms with Crippen molar-refractivity contribution in [2.24, 2.45) is 7.05 Å². The monoisotopic (exact) mass is 384 g/mol. The van der Waals surface area contributed by atoms with Gasteiger partial charge >= 0.3 is 0 Å². The van der Waals surface area contributed by atoms with Gasteiger partial charge in [-0.25, -0.2) is 18.1 Å². The number of hydrogen-bond acceptors (Lipinski definition) is 6. The summed E-state index contributed by atoms with van der Waals surface area (Å²) in [6.45, 7) is 0. The van der Waals surface area contributed by atoms with Gasteiger partial charge in [0.05, 0.1) is 17.5 Å². The highest BCUT2D eigenvalue weighted by Gasteiger charge is 2.34. The number of pyridine rings is 1.